The monoisotopic (exact) mass is 284 g/mol. The number of halogens is 2. The molecule has 0 aliphatic heterocycles. The van der Waals surface area contributed by atoms with Gasteiger partial charge in [-0.15, -0.1) is 0 Å². The molecule has 0 saturated carbocycles. The van der Waals surface area contributed by atoms with Gasteiger partial charge in [-0.05, 0) is 13.0 Å². The second-order valence-corrected chi connectivity index (χ2v) is 3.90. The lowest BCUT2D eigenvalue weighted by Crippen LogP contribution is -2.23. The lowest BCUT2D eigenvalue weighted by Gasteiger charge is -2.12. The standard InChI is InChI=1S/C12H10F2N2O4/c1-3-16-9-5(10(17)8(15-16)12(18)19)4-6(13)11(20-2)7(9)14/h4H,3H2,1-2H3,(H,18,19). The summed E-state index contributed by atoms with van der Waals surface area (Å²) in [5.41, 5.74) is -2.12. The van der Waals surface area contributed by atoms with Crippen LogP contribution in [-0.2, 0) is 6.54 Å². The van der Waals surface area contributed by atoms with Crippen molar-refractivity contribution in [2.75, 3.05) is 7.11 Å². The molecule has 0 bridgehead atoms. The molecule has 20 heavy (non-hydrogen) atoms. The van der Waals surface area contributed by atoms with Gasteiger partial charge >= 0.3 is 5.97 Å². The van der Waals surface area contributed by atoms with Crippen molar-refractivity contribution in [1.29, 1.82) is 0 Å². The number of rotatable bonds is 3. The molecule has 0 fully saturated rings. The quantitative estimate of drug-likeness (QED) is 0.921. The average Bonchev–Trinajstić information content (AvgIpc) is 2.40. The second-order valence-electron chi connectivity index (χ2n) is 3.90. The summed E-state index contributed by atoms with van der Waals surface area (Å²) in [6.07, 6.45) is 0. The van der Waals surface area contributed by atoms with Gasteiger partial charge in [0.15, 0.2) is 17.4 Å². The molecular formula is C12H10F2N2O4. The van der Waals surface area contributed by atoms with Gasteiger partial charge in [-0.1, -0.05) is 0 Å². The van der Waals surface area contributed by atoms with Crippen molar-refractivity contribution in [3.63, 3.8) is 0 Å². The third kappa shape index (κ3) is 1.89. The molecule has 2 rings (SSSR count). The lowest BCUT2D eigenvalue weighted by molar-refractivity contribution is 0.0686. The van der Waals surface area contributed by atoms with Gasteiger partial charge in [-0.3, -0.25) is 9.48 Å². The third-order valence-corrected chi connectivity index (χ3v) is 2.80. The van der Waals surface area contributed by atoms with Gasteiger partial charge in [0.05, 0.1) is 12.5 Å². The molecule has 2 aromatic rings. The van der Waals surface area contributed by atoms with Crippen LogP contribution in [0.2, 0.25) is 0 Å². The van der Waals surface area contributed by atoms with E-state index in [4.69, 9.17) is 5.11 Å². The summed E-state index contributed by atoms with van der Waals surface area (Å²) in [6, 6.07) is 0.750. The molecule has 1 aromatic heterocycles. The number of methoxy groups -OCH3 is 1. The first-order chi connectivity index (χ1) is 9.42. The maximum absolute atomic E-state index is 14.2. The first-order valence-corrected chi connectivity index (χ1v) is 5.62. The van der Waals surface area contributed by atoms with E-state index in [0.29, 0.717) is 0 Å². The van der Waals surface area contributed by atoms with Crippen LogP contribution >= 0.6 is 0 Å². The van der Waals surface area contributed by atoms with E-state index in [1.54, 1.807) is 6.92 Å². The van der Waals surface area contributed by atoms with Crippen molar-refractivity contribution in [2.24, 2.45) is 0 Å². The van der Waals surface area contributed by atoms with Crippen molar-refractivity contribution in [1.82, 2.24) is 9.78 Å². The van der Waals surface area contributed by atoms with Crippen molar-refractivity contribution in [2.45, 2.75) is 13.5 Å². The SMILES string of the molecule is CCn1nc(C(=O)O)c(=O)c2cc(F)c(OC)c(F)c21. The van der Waals surface area contributed by atoms with Gasteiger partial charge in [-0.25, -0.2) is 13.6 Å². The minimum atomic E-state index is -1.56. The largest absolute Gasteiger partial charge is 0.491 e. The lowest BCUT2D eigenvalue weighted by atomic mass is 10.1. The summed E-state index contributed by atoms with van der Waals surface area (Å²) in [6.45, 7) is 1.68. The zero-order chi connectivity index (χ0) is 15.0. The fraction of sp³-hybridized carbons (Fsp3) is 0.250. The molecule has 0 saturated heterocycles. The van der Waals surface area contributed by atoms with E-state index in [-0.39, 0.29) is 12.1 Å². The molecule has 6 nitrogen and oxygen atoms in total. The molecule has 1 aromatic carbocycles. The van der Waals surface area contributed by atoms with Gasteiger partial charge in [0.2, 0.25) is 11.1 Å². The number of carboxylic acids is 1. The van der Waals surface area contributed by atoms with E-state index < -0.39 is 39.9 Å². The summed E-state index contributed by atoms with van der Waals surface area (Å²) in [5.74, 6) is -4.38. The van der Waals surface area contributed by atoms with Gasteiger partial charge in [-0.2, -0.15) is 5.10 Å². The summed E-state index contributed by atoms with van der Waals surface area (Å²) in [5, 5.41) is 12.1. The Labute approximate surface area is 111 Å². The highest BCUT2D eigenvalue weighted by molar-refractivity contribution is 5.91. The van der Waals surface area contributed by atoms with Gasteiger partial charge in [0.25, 0.3) is 0 Å². The molecule has 0 unspecified atom stereocenters. The third-order valence-electron chi connectivity index (χ3n) is 2.80. The molecule has 0 aliphatic rings. The van der Waals surface area contributed by atoms with E-state index in [2.05, 4.69) is 9.84 Å². The Hall–Kier alpha value is -2.51. The summed E-state index contributed by atoms with van der Waals surface area (Å²) >= 11 is 0. The molecule has 0 spiro atoms. The molecule has 106 valence electrons. The molecule has 1 heterocycles. The van der Waals surface area contributed by atoms with Crippen molar-refractivity contribution >= 4 is 16.9 Å². The Balaban J connectivity index is 3.05. The fourth-order valence-electron chi connectivity index (χ4n) is 1.92. The van der Waals surface area contributed by atoms with Crippen LogP contribution in [0, 0.1) is 11.6 Å². The van der Waals surface area contributed by atoms with Crippen LogP contribution in [0.1, 0.15) is 17.4 Å². The number of ether oxygens (including phenoxy) is 1. The number of carboxylic acid groups (broad SMARTS) is 1. The maximum Gasteiger partial charge on any atom is 0.360 e. The smallest absolute Gasteiger partial charge is 0.360 e. The van der Waals surface area contributed by atoms with Crippen LogP contribution < -0.4 is 10.2 Å². The number of nitrogens with zero attached hydrogens (tertiary/aromatic N) is 2. The topological polar surface area (TPSA) is 81.4 Å². The Morgan fingerprint density at radius 2 is 2.15 bits per heavy atom. The molecule has 0 amide bonds. The van der Waals surface area contributed by atoms with Crippen LogP contribution in [-0.4, -0.2) is 28.0 Å². The highest BCUT2D eigenvalue weighted by Crippen LogP contribution is 2.27. The number of hydrogen-bond donors (Lipinski definition) is 1. The van der Waals surface area contributed by atoms with Crippen molar-refractivity contribution in [3.05, 3.63) is 33.6 Å². The van der Waals surface area contributed by atoms with E-state index in [1.807, 2.05) is 0 Å². The summed E-state index contributed by atoms with van der Waals surface area (Å²) in [4.78, 5) is 22.8. The number of aromatic carboxylic acids is 1. The highest BCUT2D eigenvalue weighted by atomic mass is 19.1. The van der Waals surface area contributed by atoms with E-state index >= 15 is 0 Å². The second kappa shape index (κ2) is 4.87. The van der Waals surface area contributed by atoms with Crippen LogP contribution in [0.5, 0.6) is 5.75 Å². The molecule has 0 atom stereocenters. The normalized spacial score (nSPS) is 10.8. The van der Waals surface area contributed by atoms with E-state index in [1.165, 1.54) is 0 Å². The Bertz CT molecular complexity index is 770. The van der Waals surface area contributed by atoms with Crippen LogP contribution in [0.3, 0.4) is 0 Å². The van der Waals surface area contributed by atoms with E-state index in [9.17, 15) is 18.4 Å². The van der Waals surface area contributed by atoms with Gasteiger partial charge in [0, 0.05) is 6.54 Å². The van der Waals surface area contributed by atoms with Crippen LogP contribution in [0.15, 0.2) is 10.9 Å². The first kappa shape index (κ1) is 13.9. The minimum Gasteiger partial charge on any atom is -0.491 e. The highest BCUT2D eigenvalue weighted by Gasteiger charge is 2.23. The molecule has 0 aliphatic carbocycles. The number of benzene rings is 1. The number of aryl methyl sites for hydroxylation is 1. The zero-order valence-electron chi connectivity index (χ0n) is 10.6. The van der Waals surface area contributed by atoms with Crippen molar-refractivity contribution < 1.29 is 23.4 Å². The minimum absolute atomic E-state index is 0.1000. The first-order valence-electron chi connectivity index (χ1n) is 5.62. The molecule has 8 heteroatoms. The fourth-order valence-corrected chi connectivity index (χ4v) is 1.92. The summed E-state index contributed by atoms with van der Waals surface area (Å²) in [7, 11) is 1.08. The predicted octanol–water partition coefficient (Wildman–Crippen LogP) is 1.40. The molecular weight excluding hydrogens is 274 g/mol. The van der Waals surface area contributed by atoms with Gasteiger partial charge in [0.1, 0.15) is 5.52 Å². The number of hydrogen-bond acceptors (Lipinski definition) is 4. The van der Waals surface area contributed by atoms with E-state index in [0.717, 1.165) is 17.9 Å². The van der Waals surface area contributed by atoms with Gasteiger partial charge < -0.3 is 9.84 Å². The molecule has 1 N–H and O–H groups in total. The number of fused-ring (bicyclic) bond motifs is 1. The van der Waals surface area contributed by atoms with Crippen LogP contribution in [0.4, 0.5) is 8.78 Å². The molecule has 0 radical (unpaired) electrons. The maximum atomic E-state index is 14.2. The van der Waals surface area contributed by atoms with Crippen molar-refractivity contribution in [3.8, 4) is 5.75 Å². The number of aromatic nitrogens is 2. The predicted molar refractivity (Wildman–Crippen MR) is 65.1 cm³/mol. The number of carbonyl (C=O) groups is 1. The zero-order valence-corrected chi connectivity index (χ0v) is 10.6. The Morgan fingerprint density at radius 3 is 2.65 bits per heavy atom. The summed E-state index contributed by atoms with van der Waals surface area (Å²) < 4.78 is 33.4. The Kier molecular flexibility index (Phi) is 3.39. The van der Waals surface area contributed by atoms with Crippen LogP contribution in [0.25, 0.3) is 10.9 Å². The average molecular weight is 284 g/mol. The Morgan fingerprint density at radius 1 is 1.50 bits per heavy atom.